The van der Waals surface area contributed by atoms with E-state index in [1.165, 1.54) is 40.7 Å². The number of benzene rings is 1. The highest BCUT2D eigenvalue weighted by molar-refractivity contribution is 5.99. The highest BCUT2D eigenvalue weighted by Gasteiger charge is 2.45. The molecule has 4 aliphatic rings. The van der Waals surface area contributed by atoms with Crippen LogP contribution in [-0.2, 0) is 44.8 Å². The first-order chi connectivity index (χ1) is 27.9. The zero-order valence-corrected chi connectivity index (χ0v) is 35.1. The van der Waals surface area contributed by atoms with E-state index in [9.17, 15) is 43.5 Å². The molecule has 0 aliphatic carbocycles. The van der Waals surface area contributed by atoms with Gasteiger partial charge in [0.15, 0.2) is 0 Å². The summed E-state index contributed by atoms with van der Waals surface area (Å²) >= 11 is 0. The first-order valence-corrected chi connectivity index (χ1v) is 21.2. The molecule has 0 saturated carbocycles. The summed E-state index contributed by atoms with van der Waals surface area (Å²) in [4.78, 5) is 116. The Kier molecular flexibility index (Phi) is 15.0. The summed E-state index contributed by atoms with van der Waals surface area (Å²) in [6.07, 6.45) is 3.08. The third-order valence-electron chi connectivity index (χ3n) is 11.7. The number of fused-ring (bicyclic) bond motifs is 3. The number of phenolic OH excluding ortho intramolecular Hbond substituents is 1. The SMILES string of the molecule is CC(C)C[C@@H]1NC(=O)[C@H](Cc2ccc(O)cc2)NC(=O)[C@@H]2CCCN2C(=O)[C@H](C)NC(=O)[C@H](C)NC(=O)[C@@H]2CCCN2C(=O)[C@@H]2CCCN2C(=O)[C@H](CC(C)C)NC1=O. The van der Waals surface area contributed by atoms with E-state index in [-0.39, 0.29) is 55.8 Å². The smallest absolute Gasteiger partial charge is 0.246 e. The zero-order chi connectivity index (χ0) is 43.1. The Balaban J connectivity index is 1.50. The highest BCUT2D eigenvalue weighted by atomic mass is 16.3. The third kappa shape index (κ3) is 11.1. The van der Waals surface area contributed by atoms with Gasteiger partial charge in [0.2, 0.25) is 47.3 Å². The molecule has 1 aromatic rings. The van der Waals surface area contributed by atoms with Crippen molar-refractivity contribution in [1.82, 2.24) is 41.3 Å². The van der Waals surface area contributed by atoms with Gasteiger partial charge in [0.05, 0.1) is 0 Å². The fourth-order valence-electron chi connectivity index (χ4n) is 8.59. The van der Waals surface area contributed by atoms with Crippen molar-refractivity contribution >= 4 is 47.3 Å². The molecule has 0 bridgehead atoms. The van der Waals surface area contributed by atoms with Gasteiger partial charge < -0.3 is 46.4 Å². The molecular formula is C42H62N8O9. The Labute approximate surface area is 346 Å². The normalized spacial score (nSPS) is 29.7. The maximum atomic E-state index is 14.4. The summed E-state index contributed by atoms with van der Waals surface area (Å²) in [5.41, 5.74) is 0.607. The molecule has 17 nitrogen and oxygen atoms in total. The van der Waals surface area contributed by atoms with Gasteiger partial charge in [-0.15, -0.1) is 0 Å². The Morgan fingerprint density at radius 1 is 0.525 bits per heavy atom. The van der Waals surface area contributed by atoms with E-state index in [0.29, 0.717) is 50.6 Å². The number of aromatic hydroxyl groups is 1. The van der Waals surface area contributed by atoms with Crippen LogP contribution < -0.4 is 26.6 Å². The molecule has 0 radical (unpaired) electrons. The van der Waals surface area contributed by atoms with Crippen LogP contribution in [0.25, 0.3) is 0 Å². The van der Waals surface area contributed by atoms with E-state index >= 15 is 0 Å². The second-order valence-electron chi connectivity index (χ2n) is 17.3. The van der Waals surface area contributed by atoms with Gasteiger partial charge in [-0.3, -0.25) is 38.4 Å². The first kappa shape index (κ1) is 44.9. The van der Waals surface area contributed by atoms with Crippen LogP contribution in [0.5, 0.6) is 5.75 Å². The van der Waals surface area contributed by atoms with Crippen molar-refractivity contribution in [2.75, 3.05) is 19.6 Å². The highest BCUT2D eigenvalue weighted by Crippen LogP contribution is 2.27. The van der Waals surface area contributed by atoms with E-state index < -0.39 is 89.7 Å². The molecule has 0 aromatic heterocycles. The lowest BCUT2D eigenvalue weighted by Crippen LogP contribution is -2.61. The molecule has 5 rings (SSSR count). The lowest BCUT2D eigenvalue weighted by Gasteiger charge is -2.34. The molecule has 1 aromatic carbocycles. The Hall–Kier alpha value is -5.22. The maximum absolute atomic E-state index is 14.4. The van der Waals surface area contributed by atoms with Crippen LogP contribution in [0.4, 0.5) is 0 Å². The topological polar surface area (TPSA) is 227 Å². The van der Waals surface area contributed by atoms with E-state index in [4.69, 9.17) is 0 Å². The van der Waals surface area contributed by atoms with Crippen molar-refractivity contribution in [2.24, 2.45) is 11.8 Å². The van der Waals surface area contributed by atoms with E-state index in [0.717, 1.165) is 0 Å². The van der Waals surface area contributed by atoms with Crippen molar-refractivity contribution in [3.63, 3.8) is 0 Å². The Morgan fingerprint density at radius 3 is 1.54 bits per heavy atom. The van der Waals surface area contributed by atoms with Gasteiger partial charge in [-0.25, -0.2) is 0 Å². The number of rotatable bonds is 6. The number of hydrogen-bond acceptors (Lipinski definition) is 9. The molecule has 324 valence electrons. The fourth-order valence-corrected chi connectivity index (χ4v) is 8.59. The minimum atomic E-state index is -1.21. The average molecular weight is 823 g/mol. The van der Waals surface area contributed by atoms with Gasteiger partial charge in [-0.1, -0.05) is 39.8 Å². The Morgan fingerprint density at radius 2 is 0.966 bits per heavy atom. The molecule has 4 saturated heterocycles. The van der Waals surface area contributed by atoms with Crippen LogP contribution in [0.15, 0.2) is 24.3 Å². The standard InChI is InChI=1S/C42H62N8O9/c1-23(2)20-29-36(53)47-31(21-24(3)4)41(58)50-19-9-12-34(50)42(59)49-18-8-10-32(49)38(55)43-25(5)35(52)44-26(6)40(57)48-17-7-11-33(48)39(56)46-30(37(54)45-29)22-27-13-15-28(51)16-14-27/h13-16,23-26,29-34,51H,7-12,17-22H2,1-6H3,(H,43,55)(H,44,52)(H,45,54)(H,46,56)(H,47,53)/t25-,26-,29-,30-,31-,32-,33-,34-/m0/s1. The molecule has 0 unspecified atom stereocenters. The zero-order valence-electron chi connectivity index (χ0n) is 35.1. The predicted octanol–water partition coefficient (Wildman–Crippen LogP) is 0.477. The van der Waals surface area contributed by atoms with Crippen molar-refractivity contribution in [1.29, 1.82) is 0 Å². The van der Waals surface area contributed by atoms with Gasteiger partial charge in [-0.2, -0.15) is 0 Å². The van der Waals surface area contributed by atoms with Gasteiger partial charge in [0.1, 0.15) is 54.1 Å². The first-order valence-electron chi connectivity index (χ1n) is 21.2. The van der Waals surface area contributed by atoms with Crippen LogP contribution in [-0.4, -0.2) is 135 Å². The number of phenols is 1. The molecule has 8 atom stereocenters. The molecule has 59 heavy (non-hydrogen) atoms. The molecule has 0 spiro atoms. The van der Waals surface area contributed by atoms with Crippen molar-refractivity contribution in [3.05, 3.63) is 29.8 Å². The number of amides is 8. The van der Waals surface area contributed by atoms with Crippen LogP contribution in [0, 0.1) is 11.8 Å². The van der Waals surface area contributed by atoms with Gasteiger partial charge in [0, 0.05) is 26.1 Å². The monoisotopic (exact) mass is 822 g/mol. The molecule has 6 N–H and O–H groups in total. The molecular weight excluding hydrogens is 761 g/mol. The summed E-state index contributed by atoms with van der Waals surface area (Å²) in [6.45, 7) is 11.4. The summed E-state index contributed by atoms with van der Waals surface area (Å²) in [5, 5.41) is 23.8. The van der Waals surface area contributed by atoms with E-state index in [2.05, 4.69) is 26.6 Å². The lowest BCUT2D eigenvalue weighted by molar-refractivity contribution is -0.148. The van der Waals surface area contributed by atoms with Crippen molar-refractivity contribution in [3.8, 4) is 5.75 Å². The van der Waals surface area contributed by atoms with Crippen molar-refractivity contribution in [2.45, 2.75) is 148 Å². The van der Waals surface area contributed by atoms with E-state index in [1.54, 1.807) is 12.1 Å². The summed E-state index contributed by atoms with van der Waals surface area (Å²) in [6, 6.07) is -2.02. The maximum Gasteiger partial charge on any atom is 0.246 e. The number of hydrogen-bond donors (Lipinski definition) is 6. The largest absolute Gasteiger partial charge is 0.508 e. The number of nitrogens with one attached hydrogen (secondary N) is 5. The number of carbonyl (C=O) groups is 8. The van der Waals surface area contributed by atoms with Gasteiger partial charge in [0.25, 0.3) is 0 Å². The molecule has 4 heterocycles. The molecule has 17 heteroatoms. The van der Waals surface area contributed by atoms with Crippen LogP contribution in [0.3, 0.4) is 0 Å². The molecule has 4 fully saturated rings. The average Bonchev–Trinajstić information content (AvgIpc) is 3.98. The quantitative estimate of drug-likeness (QED) is 0.234. The predicted molar refractivity (Wildman–Crippen MR) is 216 cm³/mol. The van der Waals surface area contributed by atoms with Crippen molar-refractivity contribution < 1.29 is 43.5 Å². The minimum absolute atomic E-state index is 0.0121. The Bertz CT molecular complexity index is 1750. The molecule has 4 aliphatic heterocycles. The summed E-state index contributed by atoms with van der Waals surface area (Å²) < 4.78 is 0. The van der Waals surface area contributed by atoms with Gasteiger partial charge in [-0.05, 0) is 94.7 Å². The second kappa shape index (κ2) is 19.7. The molecule has 8 amide bonds. The summed E-state index contributed by atoms with van der Waals surface area (Å²) in [7, 11) is 0. The third-order valence-corrected chi connectivity index (χ3v) is 11.7. The number of carbonyl (C=O) groups excluding carboxylic acids is 8. The fraction of sp³-hybridized carbons (Fsp3) is 0.667. The number of nitrogens with zero attached hydrogens (tertiary/aromatic N) is 3. The van der Waals surface area contributed by atoms with E-state index in [1.807, 2.05) is 27.7 Å². The minimum Gasteiger partial charge on any atom is -0.508 e. The lowest BCUT2D eigenvalue weighted by atomic mass is 9.98. The van der Waals surface area contributed by atoms with Gasteiger partial charge >= 0.3 is 0 Å². The van der Waals surface area contributed by atoms with Crippen LogP contribution >= 0.6 is 0 Å². The second-order valence-corrected chi connectivity index (χ2v) is 17.3. The van der Waals surface area contributed by atoms with Crippen LogP contribution in [0.2, 0.25) is 0 Å². The van der Waals surface area contributed by atoms with Crippen LogP contribution in [0.1, 0.15) is 98.5 Å². The summed E-state index contributed by atoms with van der Waals surface area (Å²) in [5.74, 6) is -4.41.